The third-order valence-electron chi connectivity index (χ3n) is 4.80. The van der Waals surface area contributed by atoms with Gasteiger partial charge in [0.15, 0.2) is 0 Å². The van der Waals surface area contributed by atoms with Crippen molar-refractivity contribution in [3.8, 4) is 0 Å². The van der Waals surface area contributed by atoms with Crippen LogP contribution in [0.1, 0.15) is 30.1 Å². The summed E-state index contributed by atoms with van der Waals surface area (Å²) in [4.78, 5) is 0. The van der Waals surface area contributed by atoms with Crippen LogP contribution in [0.2, 0.25) is 0 Å². The summed E-state index contributed by atoms with van der Waals surface area (Å²) in [6.45, 7) is 1.14. The fourth-order valence-corrected chi connectivity index (χ4v) is 3.41. The highest BCUT2D eigenvalue weighted by Crippen LogP contribution is 2.44. The molecule has 0 spiro atoms. The minimum atomic E-state index is -4.33. The first-order valence-electron chi connectivity index (χ1n) is 8.79. The van der Waals surface area contributed by atoms with Gasteiger partial charge in [0.25, 0.3) is 0 Å². The van der Waals surface area contributed by atoms with Crippen LogP contribution in [0.15, 0.2) is 54.6 Å². The third kappa shape index (κ3) is 4.37. The lowest BCUT2D eigenvalue weighted by molar-refractivity contribution is -0.137. The van der Waals surface area contributed by atoms with Crippen molar-refractivity contribution in [1.29, 1.82) is 0 Å². The van der Waals surface area contributed by atoms with Gasteiger partial charge in [-0.2, -0.15) is 13.2 Å². The molecule has 2 aromatic rings. The van der Waals surface area contributed by atoms with E-state index < -0.39 is 11.7 Å². The van der Waals surface area contributed by atoms with E-state index in [1.165, 1.54) is 12.1 Å². The molecule has 0 aromatic heterocycles. The fraction of sp³-hybridized carbons (Fsp3) is 0.400. The number of benzene rings is 2. The van der Waals surface area contributed by atoms with Gasteiger partial charge in [-0.1, -0.05) is 36.4 Å². The van der Waals surface area contributed by atoms with Gasteiger partial charge >= 0.3 is 6.18 Å². The van der Waals surface area contributed by atoms with Crippen LogP contribution in [0.3, 0.4) is 0 Å². The van der Waals surface area contributed by atoms with Gasteiger partial charge in [0.2, 0.25) is 0 Å². The van der Waals surface area contributed by atoms with E-state index in [4.69, 9.17) is 10.5 Å². The SMILES string of the molecule is NCC1CCC2CNc3ccc(C(F)(F)F)cc3C2O1.c1ccccc1. The van der Waals surface area contributed by atoms with E-state index in [1.54, 1.807) is 0 Å². The third-order valence-corrected chi connectivity index (χ3v) is 4.80. The summed E-state index contributed by atoms with van der Waals surface area (Å²) in [7, 11) is 0. The largest absolute Gasteiger partial charge is 0.416 e. The summed E-state index contributed by atoms with van der Waals surface area (Å²) < 4.78 is 44.4. The zero-order valence-electron chi connectivity index (χ0n) is 14.4. The van der Waals surface area contributed by atoms with Gasteiger partial charge in [0.05, 0.1) is 17.8 Å². The maximum absolute atomic E-state index is 12.8. The molecule has 0 saturated carbocycles. The molecule has 1 fully saturated rings. The maximum atomic E-state index is 12.8. The fourth-order valence-electron chi connectivity index (χ4n) is 3.41. The van der Waals surface area contributed by atoms with Gasteiger partial charge < -0.3 is 15.8 Å². The predicted molar refractivity (Wildman–Crippen MR) is 95.8 cm³/mol. The lowest BCUT2D eigenvalue weighted by atomic mass is 9.83. The number of hydrogen-bond donors (Lipinski definition) is 2. The number of halogens is 3. The average Bonchev–Trinajstić information content (AvgIpc) is 2.68. The summed E-state index contributed by atoms with van der Waals surface area (Å²) in [5.74, 6) is 0.216. The van der Waals surface area contributed by atoms with Gasteiger partial charge in [-0.05, 0) is 31.0 Å². The molecule has 3 unspecified atom stereocenters. The molecule has 2 heterocycles. The van der Waals surface area contributed by atoms with E-state index in [2.05, 4.69) is 5.32 Å². The molecular weight excluding hydrogens is 341 g/mol. The van der Waals surface area contributed by atoms with Crippen LogP contribution in [0.4, 0.5) is 18.9 Å². The molecule has 3 N–H and O–H groups in total. The zero-order chi connectivity index (χ0) is 18.6. The van der Waals surface area contributed by atoms with Crippen LogP contribution < -0.4 is 11.1 Å². The number of nitrogens with one attached hydrogen (secondary N) is 1. The van der Waals surface area contributed by atoms with Crippen molar-refractivity contribution < 1.29 is 17.9 Å². The lowest BCUT2D eigenvalue weighted by Gasteiger charge is -2.41. The number of alkyl halides is 3. The first-order chi connectivity index (χ1) is 12.5. The van der Waals surface area contributed by atoms with Gasteiger partial charge in [0.1, 0.15) is 0 Å². The van der Waals surface area contributed by atoms with Crippen molar-refractivity contribution in [3.63, 3.8) is 0 Å². The molecule has 26 heavy (non-hydrogen) atoms. The molecule has 2 aliphatic heterocycles. The number of fused-ring (bicyclic) bond motifs is 3. The monoisotopic (exact) mass is 364 g/mol. The Balaban J connectivity index is 0.000000278. The second-order valence-corrected chi connectivity index (χ2v) is 6.59. The summed E-state index contributed by atoms with van der Waals surface area (Å²) in [6.07, 6.45) is -2.88. The molecule has 0 bridgehead atoms. The van der Waals surface area contributed by atoms with Gasteiger partial charge in [0, 0.05) is 30.3 Å². The van der Waals surface area contributed by atoms with Crippen LogP contribution in [0.25, 0.3) is 0 Å². The van der Waals surface area contributed by atoms with Gasteiger partial charge in [-0.3, -0.25) is 0 Å². The van der Waals surface area contributed by atoms with Crippen LogP contribution >= 0.6 is 0 Å². The van der Waals surface area contributed by atoms with Gasteiger partial charge in [-0.15, -0.1) is 0 Å². The van der Waals surface area contributed by atoms with Crippen LogP contribution in [0, 0.1) is 5.92 Å². The van der Waals surface area contributed by atoms with Gasteiger partial charge in [-0.25, -0.2) is 0 Å². The first-order valence-corrected chi connectivity index (χ1v) is 8.79. The quantitative estimate of drug-likeness (QED) is 0.777. The average molecular weight is 364 g/mol. The van der Waals surface area contributed by atoms with E-state index >= 15 is 0 Å². The minimum absolute atomic E-state index is 0.0586. The van der Waals surface area contributed by atoms with Crippen molar-refractivity contribution in [1.82, 2.24) is 0 Å². The predicted octanol–water partition coefficient (Wildman–Crippen LogP) is 4.61. The molecule has 3 atom stereocenters. The second-order valence-electron chi connectivity index (χ2n) is 6.59. The smallest absolute Gasteiger partial charge is 0.384 e. The topological polar surface area (TPSA) is 47.3 Å². The van der Waals surface area contributed by atoms with Crippen molar-refractivity contribution >= 4 is 5.69 Å². The summed E-state index contributed by atoms with van der Waals surface area (Å²) in [6, 6.07) is 15.8. The molecule has 3 nitrogen and oxygen atoms in total. The first kappa shape index (κ1) is 18.7. The number of nitrogens with two attached hydrogens (primary N) is 1. The summed E-state index contributed by atoms with van der Waals surface area (Å²) in [5, 5.41) is 3.19. The van der Waals surface area contributed by atoms with Crippen LogP contribution in [0.5, 0.6) is 0 Å². The molecule has 4 rings (SSSR count). The Kier molecular flexibility index (Phi) is 5.84. The molecule has 2 aliphatic rings. The standard InChI is InChI=1S/C14H17F3N2O.C6H6/c15-14(16,17)9-2-4-12-11(5-9)13-8(7-19-12)1-3-10(6-18)20-13;1-2-4-6-5-3-1/h2,4-5,8,10,13,19H,1,3,6-7,18H2;1-6H. The number of hydrogen-bond acceptors (Lipinski definition) is 3. The zero-order valence-corrected chi connectivity index (χ0v) is 14.4. The van der Waals surface area contributed by atoms with E-state index in [1.807, 2.05) is 36.4 Å². The normalized spacial score (nSPS) is 24.4. The lowest BCUT2D eigenvalue weighted by Crippen LogP contribution is -2.39. The van der Waals surface area contributed by atoms with Crippen LogP contribution in [-0.2, 0) is 10.9 Å². The van der Waals surface area contributed by atoms with E-state index in [0.29, 0.717) is 12.1 Å². The van der Waals surface area contributed by atoms with E-state index in [-0.39, 0.29) is 18.1 Å². The molecule has 0 aliphatic carbocycles. The molecular formula is C20H23F3N2O. The van der Waals surface area contributed by atoms with E-state index in [0.717, 1.165) is 31.1 Å². The number of anilines is 1. The highest BCUT2D eigenvalue weighted by molar-refractivity contribution is 5.56. The van der Waals surface area contributed by atoms with Crippen molar-refractivity contribution in [2.75, 3.05) is 18.4 Å². The molecule has 0 amide bonds. The molecule has 2 aromatic carbocycles. The minimum Gasteiger partial charge on any atom is -0.384 e. The Hall–Kier alpha value is -2.05. The summed E-state index contributed by atoms with van der Waals surface area (Å²) >= 11 is 0. The molecule has 6 heteroatoms. The summed E-state index contributed by atoms with van der Waals surface area (Å²) in [5.41, 5.74) is 6.34. The Morgan fingerprint density at radius 1 is 1.04 bits per heavy atom. The number of rotatable bonds is 1. The molecule has 140 valence electrons. The van der Waals surface area contributed by atoms with Crippen LogP contribution in [-0.4, -0.2) is 19.2 Å². The Morgan fingerprint density at radius 2 is 1.69 bits per heavy atom. The van der Waals surface area contributed by atoms with Crippen molar-refractivity contribution in [2.45, 2.75) is 31.2 Å². The highest BCUT2D eigenvalue weighted by atomic mass is 19.4. The van der Waals surface area contributed by atoms with Crippen molar-refractivity contribution in [2.24, 2.45) is 11.7 Å². The highest BCUT2D eigenvalue weighted by Gasteiger charge is 2.38. The Labute approximate surface area is 151 Å². The molecule has 1 saturated heterocycles. The Bertz CT molecular complexity index is 679. The number of ether oxygens (including phenoxy) is 1. The molecule has 0 radical (unpaired) electrons. The van der Waals surface area contributed by atoms with E-state index in [9.17, 15) is 13.2 Å². The maximum Gasteiger partial charge on any atom is 0.416 e. The Morgan fingerprint density at radius 3 is 2.27 bits per heavy atom. The van der Waals surface area contributed by atoms with Crippen molar-refractivity contribution in [3.05, 3.63) is 65.7 Å². The second kappa shape index (κ2) is 8.10.